The predicted molar refractivity (Wildman–Crippen MR) is 95.8 cm³/mol. The summed E-state index contributed by atoms with van der Waals surface area (Å²) >= 11 is 1.55. The number of carbonyl (C=O) groups is 2. The molecule has 0 bridgehead atoms. The van der Waals surface area contributed by atoms with Crippen molar-refractivity contribution in [1.29, 1.82) is 0 Å². The molecular formula is C17H20N4O3S. The van der Waals surface area contributed by atoms with E-state index in [9.17, 15) is 9.59 Å². The summed E-state index contributed by atoms with van der Waals surface area (Å²) in [5, 5.41) is 6.60. The summed E-state index contributed by atoms with van der Waals surface area (Å²) in [6.07, 6.45) is 3.82. The number of fused-ring (bicyclic) bond motifs is 1. The van der Waals surface area contributed by atoms with Gasteiger partial charge in [-0.15, -0.1) is 0 Å². The molecule has 1 aromatic heterocycles. The number of hydrogen-bond donors (Lipinski definition) is 2. The van der Waals surface area contributed by atoms with Gasteiger partial charge in [-0.1, -0.05) is 11.8 Å². The lowest BCUT2D eigenvalue weighted by atomic mass is 9.89. The zero-order valence-corrected chi connectivity index (χ0v) is 15.1. The van der Waals surface area contributed by atoms with Crippen LogP contribution in [0.4, 0.5) is 5.69 Å². The van der Waals surface area contributed by atoms with Gasteiger partial charge in [-0.3, -0.25) is 9.59 Å². The average molecular weight is 360 g/mol. The van der Waals surface area contributed by atoms with Crippen LogP contribution in [0, 0.1) is 0 Å². The number of nitrogens with one attached hydrogen (secondary N) is 2. The van der Waals surface area contributed by atoms with Gasteiger partial charge in [0.1, 0.15) is 5.75 Å². The standard InChI is InChI=1S/C17H20N4O3S/c1-21-10(9-19-17(21)25-3)8-18-16(23)13-7-15(22)20-14-5-4-11(24-2)6-12(13)14/h4-6,9,13H,7-8H2,1-3H3,(H,18,23)(H,20,22)/t13-/m1/s1. The third-order valence-corrected chi connectivity index (χ3v) is 5.03. The van der Waals surface area contributed by atoms with Crippen molar-refractivity contribution in [3.63, 3.8) is 0 Å². The van der Waals surface area contributed by atoms with E-state index in [-0.39, 0.29) is 18.2 Å². The van der Waals surface area contributed by atoms with Crippen molar-refractivity contribution >= 4 is 29.3 Å². The summed E-state index contributed by atoms with van der Waals surface area (Å²) < 4.78 is 7.18. The average Bonchev–Trinajstić information content (AvgIpc) is 2.98. The number of carbonyl (C=O) groups excluding carboxylic acids is 2. The molecule has 1 atom stereocenters. The number of amides is 2. The minimum Gasteiger partial charge on any atom is -0.497 e. The predicted octanol–water partition coefficient (Wildman–Crippen LogP) is 1.89. The van der Waals surface area contributed by atoms with Gasteiger partial charge in [0.15, 0.2) is 5.16 Å². The van der Waals surface area contributed by atoms with Gasteiger partial charge in [0, 0.05) is 19.2 Å². The molecule has 0 radical (unpaired) electrons. The molecule has 3 rings (SSSR count). The van der Waals surface area contributed by atoms with Crippen molar-refractivity contribution in [2.75, 3.05) is 18.7 Å². The van der Waals surface area contributed by atoms with Gasteiger partial charge >= 0.3 is 0 Å². The maximum absolute atomic E-state index is 12.7. The van der Waals surface area contributed by atoms with Crippen molar-refractivity contribution in [2.24, 2.45) is 7.05 Å². The summed E-state index contributed by atoms with van der Waals surface area (Å²) in [6, 6.07) is 5.32. The molecule has 0 aliphatic carbocycles. The summed E-state index contributed by atoms with van der Waals surface area (Å²) in [6.45, 7) is 0.361. The molecule has 132 valence electrons. The van der Waals surface area contributed by atoms with Crippen LogP contribution in [0.5, 0.6) is 5.75 Å². The topological polar surface area (TPSA) is 85.2 Å². The van der Waals surface area contributed by atoms with Crippen LogP contribution >= 0.6 is 11.8 Å². The number of hydrogen-bond acceptors (Lipinski definition) is 5. The highest BCUT2D eigenvalue weighted by atomic mass is 32.2. The Morgan fingerprint density at radius 2 is 2.32 bits per heavy atom. The second-order valence-corrected chi connectivity index (χ2v) is 6.54. The van der Waals surface area contributed by atoms with Gasteiger partial charge in [-0.05, 0) is 30.0 Å². The Morgan fingerprint density at radius 1 is 1.52 bits per heavy atom. The summed E-state index contributed by atoms with van der Waals surface area (Å²) in [5.41, 5.74) is 2.33. The fraction of sp³-hybridized carbons (Fsp3) is 0.353. The third-order valence-electron chi connectivity index (χ3n) is 4.28. The Morgan fingerprint density at radius 3 is 3.00 bits per heavy atom. The van der Waals surface area contributed by atoms with Gasteiger partial charge in [0.2, 0.25) is 11.8 Å². The highest BCUT2D eigenvalue weighted by molar-refractivity contribution is 7.98. The van der Waals surface area contributed by atoms with Crippen molar-refractivity contribution in [3.8, 4) is 5.75 Å². The number of anilines is 1. The number of imidazole rings is 1. The number of benzene rings is 1. The van der Waals surface area contributed by atoms with Crippen molar-refractivity contribution in [1.82, 2.24) is 14.9 Å². The highest BCUT2D eigenvalue weighted by Gasteiger charge is 2.31. The van der Waals surface area contributed by atoms with E-state index in [0.717, 1.165) is 16.4 Å². The first kappa shape index (κ1) is 17.3. The second kappa shape index (κ2) is 7.18. The first-order valence-corrected chi connectivity index (χ1v) is 9.06. The van der Waals surface area contributed by atoms with E-state index in [0.29, 0.717) is 18.0 Å². The van der Waals surface area contributed by atoms with Gasteiger partial charge in [0.25, 0.3) is 0 Å². The van der Waals surface area contributed by atoms with E-state index in [2.05, 4.69) is 15.6 Å². The summed E-state index contributed by atoms with van der Waals surface area (Å²) in [4.78, 5) is 28.9. The number of rotatable bonds is 5. The third kappa shape index (κ3) is 3.48. The minimum atomic E-state index is -0.535. The van der Waals surface area contributed by atoms with Gasteiger partial charge < -0.3 is 19.9 Å². The molecule has 0 fully saturated rings. The second-order valence-electron chi connectivity index (χ2n) is 5.77. The number of thioether (sulfide) groups is 1. The Kier molecular flexibility index (Phi) is 4.98. The molecule has 25 heavy (non-hydrogen) atoms. The minimum absolute atomic E-state index is 0.119. The largest absolute Gasteiger partial charge is 0.497 e. The van der Waals surface area contributed by atoms with Crippen LogP contribution in [0.1, 0.15) is 23.6 Å². The smallest absolute Gasteiger partial charge is 0.228 e. The molecule has 0 saturated heterocycles. The van der Waals surface area contributed by atoms with E-state index in [1.807, 2.05) is 17.9 Å². The maximum atomic E-state index is 12.7. The molecule has 7 nitrogen and oxygen atoms in total. The Labute approximate surface area is 150 Å². The molecule has 1 aliphatic heterocycles. The van der Waals surface area contributed by atoms with Crippen LogP contribution < -0.4 is 15.4 Å². The first-order valence-electron chi connectivity index (χ1n) is 7.83. The van der Waals surface area contributed by atoms with E-state index < -0.39 is 5.92 Å². The number of aromatic nitrogens is 2. The zero-order valence-electron chi connectivity index (χ0n) is 14.3. The number of ether oxygens (including phenoxy) is 1. The first-order chi connectivity index (χ1) is 12.0. The fourth-order valence-corrected chi connectivity index (χ4v) is 3.43. The molecule has 0 spiro atoms. The molecule has 0 saturated carbocycles. The fourth-order valence-electron chi connectivity index (χ4n) is 2.88. The van der Waals surface area contributed by atoms with Gasteiger partial charge in [-0.25, -0.2) is 4.98 Å². The van der Waals surface area contributed by atoms with Gasteiger partial charge in [0.05, 0.1) is 31.5 Å². The van der Waals surface area contributed by atoms with E-state index in [1.54, 1.807) is 43.3 Å². The van der Waals surface area contributed by atoms with E-state index in [1.165, 1.54) is 0 Å². The van der Waals surface area contributed by atoms with Crippen molar-refractivity contribution < 1.29 is 14.3 Å². The molecule has 2 amide bonds. The molecule has 1 aliphatic rings. The number of methoxy groups -OCH3 is 1. The summed E-state index contributed by atoms with van der Waals surface area (Å²) in [5.74, 6) is -0.227. The van der Waals surface area contributed by atoms with Gasteiger partial charge in [-0.2, -0.15) is 0 Å². The maximum Gasteiger partial charge on any atom is 0.228 e. The Balaban J connectivity index is 1.78. The lowest BCUT2D eigenvalue weighted by Crippen LogP contribution is -2.35. The van der Waals surface area contributed by atoms with Crippen LogP contribution in [-0.2, 0) is 23.2 Å². The lowest BCUT2D eigenvalue weighted by molar-refractivity contribution is -0.126. The van der Waals surface area contributed by atoms with Crippen molar-refractivity contribution in [3.05, 3.63) is 35.7 Å². The van der Waals surface area contributed by atoms with Crippen molar-refractivity contribution in [2.45, 2.75) is 24.0 Å². The van der Waals surface area contributed by atoms with Crippen LogP contribution in [0.3, 0.4) is 0 Å². The van der Waals surface area contributed by atoms with Crippen LogP contribution in [0.25, 0.3) is 0 Å². The molecule has 2 N–H and O–H groups in total. The van der Waals surface area contributed by atoms with E-state index >= 15 is 0 Å². The highest BCUT2D eigenvalue weighted by Crippen LogP contribution is 2.35. The van der Waals surface area contributed by atoms with Crippen LogP contribution in [0.15, 0.2) is 29.6 Å². The molecule has 1 aromatic carbocycles. The lowest BCUT2D eigenvalue weighted by Gasteiger charge is -2.25. The Hall–Kier alpha value is -2.48. The molecule has 2 aromatic rings. The number of nitrogens with zero attached hydrogens (tertiary/aromatic N) is 2. The quantitative estimate of drug-likeness (QED) is 0.796. The zero-order chi connectivity index (χ0) is 18.0. The van der Waals surface area contributed by atoms with E-state index in [4.69, 9.17) is 4.74 Å². The van der Waals surface area contributed by atoms with Crippen LogP contribution in [-0.4, -0.2) is 34.7 Å². The molecule has 8 heteroatoms. The monoisotopic (exact) mass is 360 g/mol. The molecular weight excluding hydrogens is 340 g/mol. The SMILES string of the molecule is COc1ccc2c(c1)[C@H](C(=O)NCc1cnc(SC)n1C)CC(=O)N2. The molecule has 2 heterocycles. The molecule has 0 unspecified atom stereocenters. The summed E-state index contributed by atoms with van der Waals surface area (Å²) in [7, 11) is 3.48. The normalized spacial score (nSPS) is 16.1. The van der Waals surface area contributed by atoms with Crippen LogP contribution in [0.2, 0.25) is 0 Å². The Bertz CT molecular complexity index is 818.